The van der Waals surface area contributed by atoms with Gasteiger partial charge in [-0.2, -0.15) is 0 Å². The Kier molecular flexibility index (Phi) is 6.47. The van der Waals surface area contributed by atoms with E-state index in [0.29, 0.717) is 24.9 Å². The molecule has 3 atom stereocenters. The van der Waals surface area contributed by atoms with Crippen molar-refractivity contribution in [2.75, 3.05) is 39.3 Å². The maximum Gasteiger partial charge on any atom is 0.217 e. The zero-order valence-electron chi connectivity index (χ0n) is 16.9. The molecule has 0 amide bonds. The summed E-state index contributed by atoms with van der Waals surface area (Å²) >= 11 is 0. The minimum absolute atomic E-state index is 0.0202. The van der Waals surface area contributed by atoms with Crippen molar-refractivity contribution in [1.29, 1.82) is 0 Å². The lowest BCUT2D eigenvalue weighted by atomic mass is 9.55. The van der Waals surface area contributed by atoms with E-state index >= 15 is 0 Å². The summed E-state index contributed by atoms with van der Waals surface area (Å²) in [6.45, 7) is 5.13. The molecule has 0 aromatic carbocycles. The Labute approximate surface area is 166 Å². The van der Waals surface area contributed by atoms with Crippen molar-refractivity contribution >= 4 is 10.0 Å². The third-order valence-electron chi connectivity index (χ3n) is 8.14. The molecule has 2 N–H and O–H groups in total. The zero-order chi connectivity index (χ0) is 18.7. The van der Waals surface area contributed by atoms with Crippen LogP contribution in [0.3, 0.4) is 0 Å². The van der Waals surface area contributed by atoms with Crippen LogP contribution in [-0.4, -0.2) is 57.2 Å². The molecule has 27 heavy (non-hydrogen) atoms. The van der Waals surface area contributed by atoms with E-state index in [1.807, 2.05) is 4.31 Å². The highest BCUT2D eigenvalue weighted by Gasteiger charge is 2.57. The summed E-state index contributed by atoms with van der Waals surface area (Å²) in [5, 5.41) is 6.83. The lowest BCUT2D eigenvalue weighted by Gasteiger charge is -2.56. The summed E-state index contributed by atoms with van der Waals surface area (Å²) < 4.78 is 29.8. The maximum atomic E-state index is 14.0. The molecule has 5 nitrogen and oxygen atoms in total. The summed E-state index contributed by atoms with van der Waals surface area (Å²) in [5.41, 5.74) is 0.0202. The molecular weight excluding hydrogens is 358 g/mol. The van der Waals surface area contributed by atoms with E-state index in [-0.39, 0.29) is 10.7 Å². The van der Waals surface area contributed by atoms with E-state index < -0.39 is 10.0 Å². The van der Waals surface area contributed by atoms with E-state index in [9.17, 15) is 8.42 Å². The molecule has 2 saturated heterocycles. The average Bonchev–Trinajstić information content (AvgIpc) is 3.13. The number of hydrogen-bond acceptors (Lipinski definition) is 4. The van der Waals surface area contributed by atoms with E-state index in [0.717, 1.165) is 51.9 Å². The highest BCUT2D eigenvalue weighted by atomic mass is 32.2. The predicted octanol–water partition coefficient (Wildman–Crippen LogP) is 2.73. The Morgan fingerprint density at radius 2 is 1.52 bits per heavy atom. The third-order valence-corrected chi connectivity index (χ3v) is 10.6. The summed E-state index contributed by atoms with van der Waals surface area (Å²) in [5.74, 6) is 1.16. The standard InChI is InChI=1S/C21H39N3O2S/c25-27(26,24-15-6-12-22-14-16-24)20-10-5-9-19-17-23-13-11-21(19,20)18-7-3-1-2-4-8-18/h18-20,22-23H,1-17H2. The maximum absolute atomic E-state index is 14.0. The van der Waals surface area contributed by atoms with Gasteiger partial charge in [-0.25, -0.2) is 12.7 Å². The molecule has 4 aliphatic rings. The third kappa shape index (κ3) is 3.84. The van der Waals surface area contributed by atoms with Crippen molar-refractivity contribution in [3.63, 3.8) is 0 Å². The van der Waals surface area contributed by atoms with Gasteiger partial charge in [0.25, 0.3) is 0 Å². The molecular formula is C21H39N3O2S. The van der Waals surface area contributed by atoms with Crippen molar-refractivity contribution in [1.82, 2.24) is 14.9 Å². The van der Waals surface area contributed by atoms with Gasteiger partial charge in [-0.15, -0.1) is 0 Å². The fraction of sp³-hybridized carbons (Fsp3) is 1.00. The van der Waals surface area contributed by atoms with Crippen LogP contribution in [0, 0.1) is 17.3 Å². The molecule has 2 saturated carbocycles. The molecule has 2 heterocycles. The van der Waals surface area contributed by atoms with Crippen LogP contribution in [0.1, 0.15) is 70.6 Å². The zero-order valence-corrected chi connectivity index (χ0v) is 17.7. The van der Waals surface area contributed by atoms with Gasteiger partial charge in [0.15, 0.2) is 0 Å². The first-order chi connectivity index (χ1) is 13.2. The van der Waals surface area contributed by atoms with Gasteiger partial charge in [0.05, 0.1) is 5.25 Å². The monoisotopic (exact) mass is 397 g/mol. The molecule has 4 rings (SSSR count). The van der Waals surface area contributed by atoms with Crippen LogP contribution in [-0.2, 0) is 10.0 Å². The molecule has 156 valence electrons. The second kappa shape index (κ2) is 8.68. The Bertz CT molecular complexity index is 578. The number of piperidine rings is 1. The van der Waals surface area contributed by atoms with Crippen LogP contribution in [0.5, 0.6) is 0 Å². The molecule has 0 aromatic heterocycles. The lowest BCUT2D eigenvalue weighted by Crippen LogP contribution is -2.61. The summed E-state index contributed by atoms with van der Waals surface area (Å²) in [6.07, 6.45) is 13.0. The van der Waals surface area contributed by atoms with Gasteiger partial charge in [0.1, 0.15) is 0 Å². The first-order valence-corrected chi connectivity index (χ1v) is 13.1. The van der Waals surface area contributed by atoms with Crippen molar-refractivity contribution in [2.45, 2.75) is 75.9 Å². The first-order valence-electron chi connectivity index (χ1n) is 11.6. The lowest BCUT2D eigenvalue weighted by molar-refractivity contribution is -0.00864. The van der Waals surface area contributed by atoms with Gasteiger partial charge in [0, 0.05) is 19.6 Å². The largest absolute Gasteiger partial charge is 0.316 e. The minimum atomic E-state index is -3.23. The summed E-state index contributed by atoms with van der Waals surface area (Å²) in [6, 6.07) is 0. The fourth-order valence-corrected chi connectivity index (χ4v) is 9.50. The van der Waals surface area contributed by atoms with Crippen molar-refractivity contribution < 1.29 is 8.42 Å². The molecule has 2 aliphatic heterocycles. The van der Waals surface area contributed by atoms with E-state index in [1.165, 1.54) is 44.9 Å². The number of nitrogens with zero attached hydrogens (tertiary/aromatic N) is 1. The number of nitrogens with one attached hydrogen (secondary N) is 2. The van der Waals surface area contributed by atoms with Crippen molar-refractivity contribution in [3.05, 3.63) is 0 Å². The number of fused-ring (bicyclic) bond motifs is 1. The van der Waals surface area contributed by atoms with E-state index in [1.54, 1.807) is 0 Å². The van der Waals surface area contributed by atoms with Gasteiger partial charge in [-0.3, -0.25) is 0 Å². The second-order valence-electron chi connectivity index (χ2n) is 9.42. The normalized spacial score (nSPS) is 37.9. The van der Waals surface area contributed by atoms with Crippen LogP contribution in [0.15, 0.2) is 0 Å². The van der Waals surface area contributed by atoms with E-state index in [4.69, 9.17) is 0 Å². The minimum Gasteiger partial charge on any atom is -0.316 e. The first kappa shape index (κ1) is 20.1. The summed E-state index contributed by atoms with van der Waals surface area (Å²) in [4.78, 5) is 0. The van der Waals surface area contributed by atoms with E-state index in [2.05, 4.69) is 10.6 Å². The molecule has 0 bridgehead atoms. The average molecular weight is 398 g/mol. The topological polar surface area (TPSA) is 61.4 Å². The Hall–Kier alpha value is -0.170. The predicted molar refractivity (Wildman–Crippen MR) is 110 cm³/mol. The molecule has 4 fully saturated rings. The molecule has 3 unspecified atom stereocenters. The highest BCUT2D eigenvalue weighted by Crippen LogP contribution is 2.56. The molecule has 0 radical (unpaired) electrons. The van der Waals surface area contributed by atoms with Crippen LogP contribution in [0.25, 0.3) is 0 Å². The summed E-state index contributed by atoms with van der Waals surface area (Å²) in [7, 11) is -3.23. The van der Waals surface area contributed by atoms with Gasteiger partial charge in [-0.05, 0) is 75.4 Å². The molecule has 0 spiro atoms. The van der Waals surface area contributed by atoms with Crippen LogP contribution >= 0.6 is 0 Å². The number of hydrogen-bond donors (Lipinski definition) is 2. The van der Waals surface area contributed by atoms with Gasteiger partial charge in [-0.1, -0.05) is 32.1 Å². The van der Waals surface area contributed by atoms with Gasteiger partial charge >= 0.3 is 0 Å². The molecule has 2 aliphatic carbocycles. The Morgan fingerprint density at radius 1 is 0.741 bits per heavy atom. The molecule has 6 heteroatoms. The Morgan fingerprint density at radius 3 is 2.33 bits per heavy atom. The second-order valence-corrected chi connectivity index (χ2v) is 11.5. The fourth-order valence-electron chi connectivity index (χ4n) is 6.89. The number of rotatable bonds is 3. The quantitative estimate of drug-likeness (QED) is 0.719. The van der Waals surface area contributed by atoms with Crippen LogP contribution < -0.4 is 10.6 Å². The smallest absolute Gasteiger partial charge is 0.217 e. The SMILES string of the molecule is O=S(=O)(C1CCCC2CNCCC21C1CCCCCC1)N1CCCNCC1. The van der Waals surface area contributed by atoms with Crippen molar-refractivity contribution in [3.8, 4) is 0 Å². The van der Waals surface area contributed by atoms with Gasteiger partial charge in [0.2, 0.25) is 10.0 Å². The Balaban J connectivity index is 1.69. The highest BCUT2D eigenvalue weighted by molar-refractivity contribution is 7.89. The van der Waals surface area contributed by atoms with Gasteiger partial charge < -0.3 is 10.6 Å². The molecule has 0 aromatic rings. The van der Waals surface area contributed by atoms with Crippen molar-refractivity contribution in [2.24, 2.45) is 17.3 Å². The number of sulfonamides is 1. The van der Waals surface area contributed by atoms with Crippen LogP contribution in [0.2, 0.25) is 0 Å². The van der Waals surface area contributed by atoms with Crippen LogP contribution in [0.4, 0.5) is 0 Å².